The highest BCUT2D eigenvalue weighted by atomic mass is 32.2. The molecule has 1 fully saturated rings. The van der Waals surface area contributed by atoms with Crippen molar-refractivity contribution in [2.75, 3.05) is 31.6 Å². The smallest absolute Gasteiger partial charge is 0.257 e. The second kappa shape index (κ2) is 10.1. The van der Waals surface area contributed by atoms with E-state index in [2.05, 4.69) is 10.3 Å². The molecule has 0 atom stereocenters. The highest BCUT2D eigenvalue weighted by molar-refractivity contribution is 7.89. The number of nitrogens with one attached hydrogen (secondary N) is 1. The van der Waals surface area contributed by atoms with Crippen LogP contribution in [0.1, 0.15) is 43.5 Å². The quantitative estimate of drug-likeness (QED) is 0.475. The van der Waals surface area contributed by atoms with Crippen molar-refractivity contribution in [1.82, 2.24) is 9.29 Å². The molecule has 0 radical (unpaired) electrons. The summed E-state index contributed by atoms with van der Waals surface area (Å²) in [7, 11) is -3.51. The van der Waals surface area contributed by atoms with Crippen LogP contribution in [0.3, 0.4) is 0 Å². The van der Waals surface area contributed by atoms with Gasteiger partial charge in [0.15, 0.2) is 16.6 Å². The fraction of sp³-hybridized carbons (Fsp3) is 0.391. The van der Waals surface area contributed by atoms with Gasteiger partial charge in [-0.3, -0.25) is 10.1 Å². The molecule has 0 aliphatic carbocycles. The van der Waals surface area contributed by atoms with E-state index >= 15 is 0 Å². The molecule has 10 heteroatoms. The number of fused-ring (bicyclic) bond motifs is 1. The van der Waals surface area contributed by atoms with E-state index in [0.29, 0.717) is 58.7 Å². The number of hydrogen-bond acceptors (Lipinski definition) is 7. The van der Waals surface area contributed by atoms with Crippen molar-refractivity contribution in [3.05, 3.63) is 42.0 Å². The number of aromatic nitrogens is 1. The molecule has 1 amide bonds. The van der Waals surface area contributed by atoms with Gasteiger partial charge in [-0.2, -0.15) is 4.31 Å². The number of nitrogens with zero attached hydrogens (tertiary/aromatic N) is 2. The molecule has 0 spiro atoms. The zero-order chi connectivity index (χ0) is 23.4. The summed E-state index contributed by atoms with van der Waals surface area (Å²) in [4.78, 5) is 17.5. The largest absolute Gasteiger partial charge is 0.490 e. The Kier molecular flexibility index (Phi) is 7.16. The maximum Gasteiger partial charge on any atom is 0.257 e. The van der Waals surface area contributed by atoms with Crippen molar-refractivity contribution in [2.45, 2.75) is 38.0 Å². The van der Waals surface area contributed by atoms with E-state index in [1.54, 1.807) is 36.4 Å². The van der Waals surface area contributed by atoms with E-state index in [-0.39, 0.29) is 10.8 Å². The van der Waals surface area contributed by atoms with Crippen LogP contribution in [-0.2, 0) is 10.0 Å². The van der Waals surface area contributed by atoms with E-state index in [4.69, 9.17) is 9.47 Å². The SMILES string of the molecule is CCCOc1ccc(C(=O)Nc2nc3ccc(S(=O)(=O)N4CCCC4)cc3s2)cc1OCC. The number of benzene rings is 2. The number of carbonyl (C=O) groups is 1. The van der Waals surface area contributed by atoms with Crippen LogP contribution >= 0.6 is 11.3 Å². The summed E-state index contributed by atoms with van der Waals surface area (Å²) in [6, 6.07) is 9.93. The Morgan fingerprint density at radius 1 is 1.09 bits per heavy atom. The van der Waals surface area contributed by atoms with Crippen molar-refractivity contribution in [3.8, 4) is 11.5 Å². The average molecular weight is 490 g/mol. The highest BCUT2D eigenvalue weighted by Crippen LogP contribution is 2.32. The summed E-state index contributed by atoms with van der Waals surface area (Å²) >= 11 is 1.24. The topological polar surface area (TPSA) is 97.8 Å². The number of sulfonamides is 1. The van der Waals surface area contributed by atoms with Gasteiger partial charge >= 0.3 is 0 Å². The summed E-state index contributed by atoms with van der Waals surface area (Å²) in [6.45, 7) is 6.01. The molecular weight excluding hydrogens is 462 g/mol. The molecule has 4 rings (SSSR count). The zero-order valence-corrected chi connectivity index (χ0v) is 20.3. The lowest BCUT2D eigenvalue weighted by Gasteiger charge is -2.15. The first-order valence-corrected chi connectivity index (χ1v) is 13.3. The van der Waals surface area contributed by atoms with E-state index in [1.807, 2.05) is 13.8 Å². The van der Waals surface area contributed by atoms with Gasteiger partial charge in [-0.05, 0) is 62.6 Å². The summed E-state index contributed by atoms with van der Waals surface area (Å²) < 4.78 is 39.2. The number of anilines is 1. The molecule has 8 nitrogen and oxygen atoms in total. The number of amides is 1. The molecule has 0 unspecified atom stereocenters. The molecule has 1 aliphatic rings. The normalized spacial score (nSPS) is 14.5. The van der Waals surface area contributed by atoms with Gasteiger partial charge in [0.25, 0.3) is 5.91 Å². The molecular formula is C23H27N3O5S2. The van der Waals surface area contributed by atoms with Crippen molar-refractivity contribution >= 4 is 42.6 Å². The minimum absolute atomic E-state index is 0.252. The lowest BCUT2D eigenvalue weighted by molar-refractivity contribution is 0.102. The first-order valence-electron chi connectivity index (χ1n) is 11.0. The number of ether oxygens (including phenoxy) is 2. The van der Waals surface area contributed by atoms with E-state index in [0.717, 1.165) is 19.3 Å². The molecule has 1 aliphatic heterocycles. The van der Waals surface area contributed by atoms with Crippen LogP contribution in [0, 0.1) is 0 Å². The van der Waals surface area contributed by atoms with Crippen LogP contribution in [0.15, 0.2) is 41.3 Å². The Morgan fingerprint density at radius 2 is 1.88 bits per heavy atom. The maximum absolute atomic E-state index is 12.8. The van der Waals surface area contributed by atoms with Crippen LogP contribution < -0.4 is 14.8 Å². The molecule has 2 aromatic carbocycles. The van der Waals surface area contributed by atoms with Crippen LogP contribution in [0.2, 0.25) is 0 Å². The monoisotopic (exact) mass is 489 g/mol. The van der Waals surface area contributed by atoms with Crippen molar-refractivity contribution in [2.24, 2.45) is 0 Å². The van der Waals surface area contributed by atoms with Crippen LogP contribution in [0.4, 0.5) is 5.13 Å². The molecule has 0 saturated carbocycles. The summed E-state index contributed by atoms with van der Waals surface area (Å²) in [5, 5.41) is 3.20. The summed E-state index contributed by atoms with van der Waals surface area (Å²) in [6.07, 6.45) is 2.64. The second-order valence-electron chi connectivity index (χ2n) is 7.66. The fourth-order valence-corrected chi connectivity index (χ4v) is 6.13. The fourth-order valence-electron chi connectivity index (χ4n) is 3.61. The zero-order valence-electron chi connectivity index (χ0n) is 18.7. The van der Waals surface area contributed by atoms with E-state index in [9.17, 15) is 13.2 Å². The third-order valence-electron chi connectivity index (χ3n) is 5.25. The van der Waals surface area contributed by atoms with Gasteiger partial charge in [0, 0.05) is 18.7 Å². The number of thiazole rings is 1. The van der Waals surface area contributed by atoms with Crippen molar-refractivity contribution < 1.29 is 22.7 Å². The van der Waals surface area contributed by atoms with Crippen LogP contribution in [0.5, 0.6) is 11.5 Å². The number of carbonyl (C=O) groups excluding carboxylic acids is 1. The minimum atomic E-state index is -3.51. The lowest BCUT2D eigenvalue weighted by atomic mass is 10.2. The van der Waals surface area contributed by atoms with Crippen LogP contribution in [0.25, 0.3) is 10.2 Å². The first kappa shape index (κ1) is 23.5. The molecule has 0 bridgehead atoms. The molecule has 176 valence electrons. The summed E-state index contributed by atoms with van der Waals surface area (Å²) in [5.41, 5.74) is 1.05. The average Bonchev–Trinajstić information content (AvgIpc) is 3.48. The lowest BCUT2D eigenvalue weighted by Crippen LogP contribution is -2.27. The maximum atomic E-state index is 12.8. The van der Waals surface area contributed by atoms with E-state index in [1.165, 1.54) is 15.6 Å². The molecule has 33 heavy (non-hydrogen) atoms. The Labute approximate surface area is 197 Å². The van der Waals surface area contributed by atoms with Gasteiger partial charge in [-0.25, -0.2) is 13.4 Å². The minimum Gasteiger partial charge on any atom is -0.490 e. The third kappa shape index (κ3) is 5.13. The highest BCUT2D eigenvalue weighted by Gasteiger charge is 2.27. The second-order valence-corrected chi connectivity index (χ2v) is 10.6. The standard InChI is InChI=1S/C23H27N3O5S2/c1-3-13-31-19-10-7-16(14-20(19)30-4-2)22(27)25-23-24-18-9-8-17(15-21(18)32-23)33(28,29)26-11-5-6-12-26/h7-10,14-15H,3-6,11-13H2,1-2H3,(H,24,25,27). The molecule has 1 N–H and O–H groups in total. The van der Waals surface area contributed by atoms with Gasteiger partial charge < -0.3 is 9.47 Å². The Balaban J connectivity index is 1.54. The predicted molar refractivity (Wildman–Crippen MR) is 129 cm³/mol. The van der Waals surface area contributed by atoms with Crippen molar-refractivity contribution in [1.29, 1.82) is 0 Å². The van der Waals surface area contributed by atoms with Gasteiger partial charge in [-0.15, -0.1) is 0 Å². The number of hydrogen-bond donors (Lipinski definition) is 1. The Bertz CT molecular complexity index is 1250. The molecule has 2 heterocycles. The molecule has 1 aromatic heterocycles. The van der Waals surface area contributed by atoms with Gasteiger partial charge in [0.2, 0.25) is 10.0 Å². The number of rotatable bonds is 9. The Morgan fingerprint density at radius 3 is 2.61 bits per heavy atom. The first-order chi connectivity index (χ1) is 15.9. The predicted octanol–water partition coefficient (Wildman–Crippen LogP) is 4.52. The van der Waals surface area contributed by atoms with Crippen molar-refractivity contribution in [3.63, 3.8) is 0 Å². The van der Waals surface area contributed by atoms with Gasteiger partial charge in [0.05, 0.1) is 28.3 Å². The Hall–Kier alpha value is -2.69. The molecule has 1 saturated heterocycles. The molecule has 3 aromatic rings. The van der Waals surface area contributed by atoms with Gasteiger partial charge in [-0.1, -0.05) is 18.3 Å². The van der Waals surface area contributed by atoms with Crippen LogP contribution in [-0.4, -0.2) is 49.9 Å². The van der Waals surface area contributed by atoms with E-state index < -0.39 is 10.0 Å². The summed E-state index contributed by atoms with van der Waals surface area (Å²) in [5.74, 6) is 0.781. The van der Waals surface area contributed by atoms with Gasteiger partial charge in [0.1, 0.15) is 0 Å². The third-order valence-corrected chi connectivity index (χ3v) is 8.08.